The largest absolute Gasteiger partial charge is 0.351 e. The molecule has 1 aliphatic rings. The molecule has 1 aliphatic heterocycles. The van der Waals surface area contributed by atoms with Gasteiger partial charge in [-0.3, -0.25) is 9.10 Å². The van der Waals surface area contributed by atoms with Gasteiger partial charge in [-0.1, -0.05) is 30.3 Å². The number of likely N-dealkylation sites (N-methyl/N-ethyl adjacent to an activating group) is 2. The highest BCUT2D eigenvalue weighted by Crippen LogP contribution is 2.35. The number of rotatable bonds is 6. The fraction of sp³-hybridized carbons (Fsp3) is 0.471. The summed E-state index contributed by atoms with van der Waals surface area (Å²) in [6, 6.07) is 8.55. The minimum absolute atomic E-state index is 0.254. The van der Waals surface area contributed by atoms with Gasteiger partial charge in [-0.05, 0) is 26.6 Å². The molecule has 8 heteroatoms. The smallest absolute Gasteiger partial charge is 0.304 e. The van der Waals surface area contributed by atoms with E-state index in [0.29, 0.717) is 18.7 Å². The summed E-state index contributed by atoms with van der Waals surface area (Å²) in [7, 11) is 1.72. The van der Waals surface area contributed by atoms with Crippen LogP contribution >= 0.6 is 0 Å². The third kappa shape index (κ3) is 4.20. The Morgan fingerprint density at radius 1 is 1.24 bits per heavy atom. The molecule has 1 unspecified atom stereocenters. The Hall–Kier alpha value is -1.90. The van der Waals surface area contributed by atoms with Crippen LogP contribution in [0.3, 0.4) is 0 Å². The first kappa shape index (κ1) is 19.4. The van der Waals surface area contributed by atoms with Gasteiger partial charge < -0.3 is 10.2 Å². The molecule has 0 aromatic heterocycles. The second kappa shape index (κ2) is 7.99. The van der Waals surface area contributed by atoms with Gasteiger partial charge in [0.1, 0.15) is 0 Å². The summed E-state index contributed by atoms with van der Waals surface area (Å²) in [5.74, 6) is -0.254. The van der Waals surface area contributed by atoms with Gasteiger partial charge in [0.05, 0.1) is 11.6 Å². The first-order valence-electron chi connectivity index (χ1n) is 8.23. The number of carbonyl (C=O) groups is 1. The summed E-state index contributed by atoms with van der Waals surface area (Å²) in [5.41, 5.74) is 1.18. The van der Waals surface area contributed by atoms with Crippen molar-refractivity contribution >= 4 is 16.1 Å². The second-order valence-corrected chi connectivity index (χ2v) is 8.12. The molecule has 1 aromatic carbocycles. The molecule has 0 saturated carbocycles. The van der Waals surface area contributed by atoms with Gasteiger partial charge in [0, 0.05) is 32.9 Å². The van der Waals surface area contributed by atoms with Gasteiger partial charge in [0.2, 0.25) is 0 Å². The lowest BCUT2D eigenvalue weighted by Gasteiger charge is -2.38. The molecule has 1 amide bonds. The van der Waals surface area contributed by atoms with Gasteiger partial charge in [-0.25, -0.2) is 0 Å². The van der Waals surface area contributed by atoms with Crippen molar-refractivity contribution in [2.45, 2.75) is 13.0 Å². The number of benzene rings is 1. The molecule has 0 spiro atoms. The zero-order valence-electron chi connectivity index (χ0n) is 15.1. The van der Waals surface area contributed by atoms with E-state index in [9.17, 15) is 13.2 Å². The van der Waals surface area contributed by atoms with Crippen molar-refractivity contribution in [2.75, 3.05) is 40.8 Å². The second-order valence-electron chi connectivity index (χ2n) is 6.18. The van der Waals surface area contributed by atoms with Crippen LogP contribution in [0.2, 0.25) is 0 Å². The van der Waals surface area contributed by atoms with Crippen molar-refractivity contribution in [3.05, 3.63) is 47.7 Å². The quantitative estimate of drug-likeness (QED) is 0.808. The molecular formula is C17H26N4O3S. The maximum absolute atomic E-state index is 12.7. The molecule has 1 N–H and O–H groups in total. The zero-order valence-corrected chi connectivity index (χ0v) is 16.0. The molecule has 25 heavy (non-hydrogen) atoms. The van der Waals surface area contributed by atoms with Crippen LogP contribution in [0.5, 0.6) is 0 Å². The first-order chi connectivity index (χ1) is 11.8. The Morgan fingerprint density at radius 2 is 1.88 bits per heavy atom. The van der Waals surface area contributed by atoms with E-state index in [1.807, 2.05) is 49.3 Å². The number of nitrogens with one attached hydrogen (secondary N) is 1. The maximum Gasteiger partial charge on any atom is 0.304 e. The predicted molar refractivity (Wildman–Crippen MR) is 97.9 cm³/mol. The van der Waals surface area contributed by atoms with Crippen molar-refractivity contribution in [2.24, 2.45) is 0 Å². The Labute approximate surface area is 150 Å². The Bertz CT molecular complexity index is 732. The number of nitrogens with zero attached hydrogens (tertiary/aromatic N) is 3. The van der Waals surface area contributed by atoms with Gasteiger partial charge in [0.25, 0.3) is 5.91 Å². The summed E-state index contributed by atoms with van der Waals surface area (Å²) in [4.78, 5) is 14.7. The molecule has 1 heterocycles. The highest BCUT2D eigenvalue weighted by atomic mass is 32.2. The van der Waals surface area contributed by atoms with Crippen molar-refractivity contribution in [3.63, 3.8) is 0 Å². The molecule has 1 atom stereocenters. The van der Waals surface area contributed by atoms with Crippen LogP contribution < -0.4 is 5.32 Å². The van der Waals surface area contributed by atoms with Crippen LogP contribution in [-0.2, 0) is 15.0 Å². The predicted octanol–water partition coefficient (Wildman–Crippen LogP) is 0.802. The summed E-state index contributed by atoms with van der Waals surface area (Å²) in [5, 5.41) is 2.88. The van der Waals surface area contributed by atoms with E-state index in [1.54, 1.807) is 6.92 Å². The topological polar surface area (TPSA) is 73.0 Å². The first-order valence-corrected chi connectivity index (χ1v) is 9.63. The fourth-order valence-electron chi connectivity index (χ4n) is 2.74. The zero-order chi connectivity index (χ0) is 18.6. The summed E-state index contributed by atoms with van der Waals surface area (Å²) < 4.78 is 27.8. The van der Waals surface area contributed by atoms with Gasteiger partial charge in [-0.15, -0.1) is 0 Å². The number of carbonyl (C=O) groups excluding carboxylic acids is 1. The third-order valence-electron chi connectivity index (χ3n) is 4.14. The van der Waals surface area contributed by atoms with E-state index in [1.165, 1.54) is 21.9 Å². The molecule has 2 rings (SSSR count). The molecule has 0 aliphatic carbocycles. The summed E-state index contributed by atoms with van der Waals surface area (Å²) in [6.45, 7) is 3.21. The van der Waals surface area contributed by atoms with E-state index in [2.05, 4.69) is 5.32 Å². The van der Waals surface area contributed by atoms with Crippen LogP contribution in [0.15, 0.2) is 42.1 Å². The highest BCUT2D eigenvalue weighted by molar-refractivity contribution is 7.86. The average Bonchev–Trinajstić information content (AvgIpc) is 2.57. The molecule has 138 valence electrons. The van der Waals surface area contributed by atoms with Crippen molar-refractivity contribution < 1.29 is 13.2 Å². The normalized spacial score (nSPS) is 20.4. The lowest BCUT2D eigenvalue weighted by molar-refractivity contribution is -0.118. The minimum atomic E-state index is -3.65. The Morgan fingerprint density at radius 3 is 2.44 bits per heavy atom. The fourth-order valence-corrected chi connectivity index (χ4v) is 4.15. The summed E-state index contributed by atoms with van der Waals surface area (Å²) in [6.07, 6.45) is 1.46. The molecule has 1 aromatic rings. The highest BCUT2D eigenvalue weighted by Gasteiger charge is 2.40. The van der Waals surface area contributed by atoms with Crippen molar-refractivity contribution in [3.8, 4) is 0 Å². The molecule has 0 saturated heterocycles. The van der Waals surface area contributed by atoms with Crippen LogP contribution in [0.25, 0.3) is 0 Å². The lowest BCUT2D eigenvalue weighted by atomic mass is 9.98. The van der Waals surface area contributed by atoms with Gasteiger partial charge >= 0.3 is 10.2 Å². The summed E-state index contributed by atoms with van der Waals surface area (Å²) >= 11 is 0. The van der Waals surface area contributed by atoms with Crippen molar-refractivity contribution in [1.82, 2.24) is 18.8 Å². The number of hydrogen-bond donors (Lipinski definition) is 1. The van der Waals surface area contributed by atoms with E-state index in [4.69, 9.17) is 0 Å². The van der Waals surface area contributed by atoms with Gasteiger partial charge in [0.15, 0.2) is 0 Å². The Kier molecular flexibility index (Phi) is 6.21. The van der Waals surface area contributed by atoms with Crippen LogP contribution in [0.1, 0.15) is 18.5 Å². The molecule has 0 bridgehead atoms. The van der Waals surface area contributed by atoms with Gasteiger partial charge in [-0.2, -0.15) is 12.7 Å². The standard InChI is InChI=1S/C17H26N4O3S/c1-5-21-13-15(17(22)18-11-12-19(2)3)16(20(4)25(21,23)24)14-9-7-6-8-10-14/h6-10,13,16H,5,11-12H2,1-4H3,(H,18,22). The Balaban J connectivity index is 2.40. The van der Waals surface area contributed by atoms with E-state index in [-0.39, 0.29) is 12.5 Å². The molecule has 7 nitrogen and oxygen atoms in total. The average molecular weight is 366 g/mol. The van der Waals surface area contributed by atoms with Crippen molar-refractivity contribution in [1.29, 1.82) is 0 Å². The molecular weight excluding hydrogens is 340 g/mol. The molecule has 0 fully saturated rings. The molecule has 0 radical (unpaired) electrons. The number of amides is 1. The van der Waals surface area contributed by atoms with Crippen LogP contribution in [-0.4, -0.2) is 68.6 Å². The number of hydrogen-bond acceptors (Lipinski definition) is 4. The third-order valence-corrected chi connectivity index (χ3v) is 6.03. The van der Waals surface area contributed by atoms with Crippen LogP contribution in [0, 0.1) is 0 Å². The van der Waals surface area contributed by atoms with E-state index >= 15 is 0 Å². The van der Waals surface area contributed by atoms with E-state index < -0.39 is 16.3 Å². The lowest BCUT2D eigenvalue weighted by Crippen LogP contribution is -2.48. The van der Waals surface area contributed by atoms with Crippen LogP contribution in [0.4, 0.5) is 0 Å². The monoisotopic (exact) mass is 366 g/mol. The maximum atomic E-state index is 12.7. The minimum Gasteiger partial charge on any atom is -0.351 e. The SMILES string of the molecule is CCN1C=C(C(=O)NCCN(C)C)C(c2ccccc2)N(C)S1(=O)=O. The van der Waals surface area contributed by atoms with E-state index in [0.717, 1.165) is 5.56 Å².